The van der Waals surface area contributed by atoms with Gasteiger partial charge < -0.3 is 5.32 Å². The molecule has 0 aliphatic rings. The summed E-state index contributed by atoms with van der Waals surface area (Å²) in [5.41, 5.74) is 5.12. The minimum atomic E-state index is -0.0779. The summed E-state index contributed by atoms with van der Waals surface area (Å²) in [6, 6.07) is 8.48. The Labute approximate surface area is 152 Å². The molecule has 8 heteroatoms. The molecule has 1 amide bonds. The van der Waals surface area contributed by atoms with Gasteiger partial charge >= 0.3 is 0 Å². The van der Waals surface area contributed by atoms with Gasteiger partial charge in [-0.2, -0.15) is 0 Å². The standard InChI is InChI=1S/C16H16N4OS3/c1-10-3-5-12(6-4-10)7-13-11(2)18-15(24-13)19-14(21)8-22-16-20-17-9-23-16/h3-6,9H,7-8H2,1-2H3,(H,18,19,21). The first-order valence-electron chi connectivity index (χ1n) is 7.31. The molecule has 0 saturated heterocycles. The average Bonchev–Trinajstić information content (AvgIpc) is 3.18. The van der Waals surface area contributed by atoms with Crippen LogP contribution < -0.4 is 5.32 Å². The number of carbonyl (C=O) groups is 1. The van der Waals surface area contributed by atoms with E-state index in [2.05, 4.69) is 51.7 Å². The number of thioether (sulfide) groups is 1. The van der Waals surface area contributed by atoms with E-state index < -0.39 is 0 Å². The van der Waals surface area contributed by atoms with Gasteiger partial charge in [-0.1, -0.05) is 52.9 Å². The number of nitrogens with zero attached hydrogens (tertiary/aromatic N) is 3. The molecule has 0 saturated carbocycles. The summed E-state index contributed by atoms with van der Waals surface area (Å²) in [5.74, 6) is 0.229. The van der Waals surface area contributed by atoms with Gasteiger partial charge in [0.1, 0.15) is 5.51 Å². The third-order valence-electron chi connectivity index (χ3n) is 3.29. The summed E-state index contributed by atoms with van der Waals surface area (Å²) in [7, 11) is 0. The van der Waals surface area contributed by atoms with E-state index in [0.29, 0.717) is 10.9 Å². The minimum absolute atomic E-state index is 0.0779. The van der Waals surface area contributed by atoms with Gasteiger partial charge in [0.2, 0.25) is 5.91 Å². The van der Waals surface area contributed by atoms with Gasteiger partial charge in [-0.15, -0.1) is 21.5 Å². The summed E-state index contributed by atoms with van der Waals surface area (Å²) in [6.07, 6.45) is 0.833. The molecule has 1 N–H and O–H groups in total. The highest BCUT2D eigenvalue weighted by molar-refractivity contribution is 8.01. The molecule has 0 fully saturated rings. The molecule has 5 nitrogen and oxygen atoms in total. The average molecular weight is 377 g/mol. The van der Waals surface area contributed by atoms with Gasteiger partial charge in [0.15, 0.2) is 9.47 Å². The predicted octanol–water partition coefficient (Wildman–Crippen LogP) is 3.93. The highest BCUT2D eigenvalue weighted by Crippen LogP contribution is 2.26. The number of aromatic nitrogens is 3. The van der Waals surface area contributed by atoms with E-state index in [1.165, 1.54) is 50.4 Å². The second-order valence-corrected chi connectivity index (χ2v) is 8.37. The molecule has 1 aromatic carbocycles. The molecule has 2 heterocycles. The second kappa shape index (κ2) is 7.87. The van der Waals surface area contributed by atoms with Crippen LogP contribution in [0.2, 0.25) is 0 Å². The van der Waals surface area contributed by atoms with E-state index in [4.69, 9.17) is 0 Å². The lowest BCUT2D eigenvalue weighted by molar-refractivity contribution is -0.113. The number of nitrogens with one attached hydrogen (secondary N) is 1. The molecular weight excluding hydrogens is 360 g/mol. The van der Waals surface area contributed by atoms with Crippen LogP contribution in [0.3, 0.4) is 0 Å². The van der Waals surface area contributed by atoms with E-state index in [1.807, 2.05) is 6.92 Å². The Kier molecular flexibility index (Phi) is 5.60. The van der Waals surface area contributed by atoms with Gasteiger partial charge in [0, 0.05) is 11.3 Å². The zero-order valence-electron chi connectivity index (χ0n) is 13.3. The molecule has 0 atom stereocenters. The Balaban J connectivity index is 1.58. The van der Waals surface area contributed by atoms with E-state index in [1.54, 1.807) is 5.51 Å². The first kappa shape index (κ1) is 17.1. The summed E-state index contributed by atoms with van der Waals surface area (Å²) in [4.78, 5) is 17.6. The van der Waals surface area contributed by atoms with Crippen LogP contribution in [0, 0.1) is 13.8 Å². The smallest absolute Gasteiger partial charge is 0.236 e. The maximum Gasteiger partial charge on any atom is 0.236 e. The van der Waals surface area contributed by atoms with Crippen molar-refractivity contribution in [1.29, 1.82) is 0 Å². The van der Waals surface area contributed by atoms with Crippen molar-refractivity contribution in [2.24, 2.45) is 0 Å². The van der Waals surface area contributed by atoms with Crippen molar-refractivity contribution in [2.75, 3.05) is 11.1 Å². The van der Waals surface area contributed by atoms with Crippen LogP contribution in [0.15, 0.2) is 34.1 Å². The van der Waals surface area contributed by atoms with Crippen LogP contribution in [0.25, 0.3) is 0 Å². The fraction of sp³-hybridized carbons (Fsp3) is 0.250. The van der Waals surface area contributed by atoms with Crippen molar-refractivity contribution in [2.45, 2.75) is 24.6 Å². The molecule has 2 aromatic heterocycles. The lowest BCUT2D eigenvalue weighted by Crippen LogP contribution is -2.13. The number of hydrogen-bond acceptors (Lipinski definition) is 7. The molecule has 3 aromatic rings. The predicted molar refractivity (Wildman–Crippen MR) is 100 cm³/mol. The summed E-state index contributed by atoms with van der Waals surface area (Å²) in [6.45, 7) is 4.06. The molecule has 24 heavy (non-hydrogen) atoms. The third-order valence-corrected chi connectivity index (χ3v) is 6.22. The Bertz CT molecular complexity index is 812. The zero-order chi connectivity index (χ0) is 16.9. The van der Waals surface area contributed by atoms with Crippen molar-refractivity contribution in [3.05, 3.63) is 51.5 Å². The van der Waals surface area contributed by atoms with Gasteiger partial charge in [-0.05, 0) is 19.4 Å². The number of benzene rings is 1. The van der Waals surface area contributed by atoms with E-state index in [0.717, 1.165) is 16.5 Å². The highest BCUT2D eigenvalue weighted by atomic mass is 32.2. The fourth-order valence-corrected chi connectivity index (χ4v) is 4.35. The minimum Gasteiger partial charge on any atom is -0.301 e. The Morgan fingerprint density at radius 1 is 1.25 bits per heavy atom. The van der Waals surface area contributed by atoms with Crippen LogP contribution in [0.5, 0.6) is 0 Å². The number of thiazole rings is 1. The van der Waals surface area contributed by atoms with Crippen LogP contribution in [0.1, 0.15) is 21.7 Å². The Hall–Kier alpha value is -1.77. The van der Waals surface area contributed by atoms with Crippen molar-refractivity contribution in [3.63, 3.8) is 0 Å². The molecule has 0 aliphatic carbocycles. The number of aryl methyl sites for hydroxylation is 2. The topological polar surface area (TPSA) is 67.8 Å². The number of rotatable bonds is 6. The van der Waals surface area contributed by atoms with Crippen molar-refractivity contribution in [3.8, 4) is 0 Å². The largest absolute Gasteiger partial charge is 0.301 e. The summed E-state index contributed by atoms with van der Waals surface area (Å²) in [5, 5.41) is 11.2. The molecule has 0 unspecified atom stereocenters. The first-order valence-corrected chi connectivity index (χ1v) is 9.99. The maximum atomic E-state index is 12.0. The lowest BCUT2D eigenvalue weighted by atomic mass is 10.1. The van der Waals surface area contributed by atoms with E-state index in [-0.39, 0.29) is 5.91 Å². The van der Waals surface area contributed by atoms with Crippen molar-refractivity contribution < 1.29 is 4.79 Å². The molecule has 124 valence electrons. The Morgan fingerprint density at radius 2 is 2.04 bits per heavy atom. The van der Waals surface area contributed by atoms with Crippen LogP contribution >= 0.6 is 34.4 Å². The molecule has 0 bridgehead atoms. The van der Waals surface area contributed by atoms with Gasteiger partial charge in [0.25, 0.3) is 0 Å². The normalized spacial score (nSPS) is 10.8. The summed E-state index contributed by atoms with van der Waals surface area (Å²) >= 11 is 4.34. The van der Waals surface area contributed by atoms with Crippen molar-refractivity contribution in [1.82, 2.24) is 15.2 Å². The maximum absolute atomic E-state index is 12.0. The molecule has 0 radical (unpaired) electrons. The zero-order valence-corrected chi connectivity index (χ0v) is 15.7. The molecule has 3 rings (SSSR count). The lowest BCUT2D eigenvalue weighted by Gasteiger charge is -2.00. The second-order valence-electron chi connectivity index (χ2n) is 5.23. The van der Waals surface area contributed by atoms with Crippen LogP contribution in [-0.4, -0.2) is 26.8 Å². The van der Waals surface area contributed by atoms with Crippen LogP contribution in [0.4, 0.5) is 5.13 Å². The Morgan fingerprint density at radius 3 is 2.75 bits per heavy atom. The SMILES string of the molecule is Cc1ccc(Cc2sc(NC(=O)CSc3nncs3)nc2C)cc1. The highest BCUT2D eigenvalue weighted by Gasteiger charge is 2.12. The quantitative estimate of drug-likeness (QED) is 0.660. The number of carbonyl (C=O) groups excluding carboxylic acids is 1. The molecule has 0 aliphatic heterocycles. The van der Waals surface area contributed by atoms with Crippen molar-refractivity contribution >= 4 is 45.5 Å². The summed E-state index contributed by atoms with van der Waals surface area (Å²) < 4.78 is 0.792. The van der Waals surface area contributed by atoms with Gasteiger partial charge in [0.05, 0.1) is 11.4 Å². The van der Waals surface area contributed by atoms with Gasteiger partial charge in [-0.25, -0.2) is 4.98 Å². The molecule has 0 spiro atoms. The third kappa shape index (κ3) is 4.62. The molecular formula is C16H16N4OS3. The number of hydrogen-bond donors (Lipinski definition) is 1. The first-order chi connectivity index (χ1) is 11.6. The monoisotopic (exact) mass is 376 g/mol. The van der Waals surface area contributed by atoms with E-state index in [9.17, 15) is 4.79 Å². The van der Waals surface area contributed by atoms with Gasteiger partial charge in [-0.3, -0.25) is 4.79 Å². The fourth-order valence-electron chi connectivity index (χ4n) is 2.05. The number of anilines is 1. The number of amides is 1. The van der Waals surface area contributed by atoms with Crippen LogP contribution in [-0.2, 0) is 11.2 Å². The van der Waals surface area contributed by atoms with E-state index >= 15 is 0 Å².